The second-order valence-corrected chi connectivity index (χ2v) is 6.19. The van der Waals surface area contributed by atoms with E-state index in [0.717, 1.165) is 0 Å². The zero-order valence-electron chi connectivity index (χ0n) is 13.5. The number of hydroxylamine groups is 1. The number of rotatable bonds is 8. The van der Waals surface area contributed by atoms with Gasteiger partial charge in [-0.1, -0.05) is 34.8 Å². The van der Waals surface area contributed by atoms with Crippen LogP contribution in [0, 0.1) is 0 Å². The molecule has 1 heterocycles. The summed E-state index contributed by atoms with van der Waals surface area (Å²) < 4.78 is 11.1. The molecule has 1 aromatic carbocycles. The molecule has 0 aliphatic heterocycles. The fourth-order valence-electron chi connectivity index (χ4n) is 1.62. The van der Waals surface area contributed by atoms with Crippen molar-refractivity contribution in [1.29, 1.82) is 0 Å². The van der Waals surface area contributed by atoms with E-state index in [1.807, 2.05) is 0 Å². The molecular formula is C16H14Cl3N3O4. The lowest BCUT2D eigenvalue weighted by molar-refractivity contribution is -0.139. The van der Waals surface area contributed by atoms with Crippen molar-refractivity contribution < 1.29 is 19.1 Å². The lowest BCUT2D eigenvalue weighted by atomic mass is 10.3. The van der Waals surface area contributed by atoms with E-state index in [-0.39, 0.29) is 16.3 Å². The topological polar surface area (TPSA) is 82.6 Å². The number of ether oxygens (including phenoxy) is 2. The van der Waals surface area contributed by atoms with Crippen LogP contribution >= 0.6 is 34.8 Å². The van der Waals surface area contributed by atoms with Gasteiger partial charge >= 0.3 is 0 Å². The first-order chi connectivity index (χ1) is 12.4. The van der Waals surface area contributed by atoms with Crippen molar-refractivity contribution in [3.63, 3.8) is 0 Å². The molecule has 138 valence electrons. The molecule has 2 aromatic rings. The van der Waals surface area contributed by atoms with Gasteiger partial charge in [0, 0.05) is 6.07 Å². The molecule has 0 aliphatic carbocycles. The van der Waals surface area contributed by atoms with Gasteiger partial charge in [-0.3, -0.25) is 9.63 Å². The van der Waals surface area contributed by atoms with Crippen LogP contribution in [0.5, 0.6) is 17.4 Å². The molecule has 26 heavy (non-hydrogen) atoms. The molecule has 2 rings (SSSR count). The van der Waals surface area contributed by atoms with E-state index in [1.54, 1.807) is 43.3 Å². The summed E-state index contributed by atoms with van der Waals surface area (Å²) in [6.07, 6.45) is 0.609. The lowest BCUT2D eigenvalue weighted by Crippen LogP contribution is -2.36. The smallest absolute Gasteiger partial charge is 0.284 e. The third kappa shape index (κ3) is 7.05. The van der Waals surface area contributed by atoms with Crippen LogP contribution in [-0.2, 0) is 9.63 Å². The summed E-state index contributed by atoms with van der Waals surface area (Å²) in [6.45, 7) is 1.62. The average Bonchev–Trinajstić information content (AvgIpc) is 2.62. The van der Waals surface area contributed by atoms with Crippen LogP contribution in [0.4, 0.5) is 0 Å². The lowest BCUT2D eigenvalue weighted by Gasteiger charge is -2.14. The molecular weight excluding hydrogens is 405 g/mol. The number of hydrogen-bond donors (Lipinski definition) is 1. The Kier molecular flexibility index (Phi) is 7.93. The minimum atomic E-state index is -0.778. The zero-order valence-corrected chi connectivity index (χ0v) is 15.8. The van der Waals surface area contributed by atoms with Gasteiger partial charge in [-0.05, 0) is 43.3 Å². The van der Waals surface area contributed by atoms with E-state index in [1.165, 1.54) is 6.08 Å². The maximum atomic E-state index is 11.8. The van der Waals surface area contributed by atoms with Gasteiger partial charge in [-0.2, -0.15) is 0 Å². The molecule has 1 aromatic heterocycles. The van der Waals surface area contributed by atoms with Crippen LogP contribution in [0.1, 0.15) is 6.92 Å². The van der Waals surface area contributed by atoms with E-state index in [4.69, 9.17) is 49.1 Å². The average molecular weight is 419 g/mol. The monoisotopic (exact) mass is 417 g/mol. The molecule has 0 aliphatic rings. The molecule has 10 heteroatoms. The molecule has 0 spiro atoms. The molecule has 1 N–H and O–H groups in total. The minimum Gasteiger partial charge on any atom is -0.481 e. The van der Waals surface area contributed by atoms with Crippen LogP contribution in [0.2, 0.25) is 5.15 Å². The van der Waals surface area contributed by atoms with Gasteiger partial charge in [0.1, 0.15) is 16.0 Å². The van der Waals surface area contributed by atoms with Gasteiger partial charge in [0.15, 0.2) is 11.3 Å². The van der Waals surface area contributed by atoms with Gasteiger partial charge in [-0.15, -0.1) is 10.2 Å². The van der Waals surface area contributed by atoms with Gasteiger partial charge in [0.2, 0.25) is 5.88 Å². The highest BCUT2D eigenvalue weighted by atomic mass is 35.5. The van der Waals surface area contributed by atoms with Crippen molar-refractivity contribution in [3.8, 4) is 17.4 Å². The molecule has 0 unspecified atom stereocenters. The van der Waals surface area contributed by atoms with Gasteiger partial charge in [0.05, 0.1) is 6.61 Å². The number of halogens is 3. The Bertz CT molecular complexity index is 750. The summed E-state index contributed by atoms with van der Waals surface area (Å²) in [5.41, 5.74) is 2.23. The van der Waals surface area contributed by atoms with Crippen molar-refractivity contribution in [1.82, 2.24) is 15.7 Å². The first-order valence-corrected chi connectivity index (χ1v) is 8.44. The van der Waals surface area contributed by atoms with Crippen molar-refractivity contribution in [2.24, 2.45) is 0 Å². The predicted molar refractivity (Wildman–Crippen MR) is 97.5 cm³/mol. The molecule has 0 fully saturated rings. The summed E-state index contributed by atoms with van der Waals surface area (Å²) in [5, 5.41) is 7.75. The Labute approximate surface area is 164 Å². The standard InChI is InChI=1S/C16H14Cl3N3O4/c1-10(16(23)22-24-9-8-13(17)18)25-11-2-4-12(5-3-11)26-15-7-6-14(19)20-21-15/h2-8,10H,9H2,1H3,(H,22,23)/t10-/m1/s1. The summed E-state index contributed by atoms with van der Waals surface area (Å²) in [4.78, 5) is 16.7. The summed E-state index contributed by atoms with van der Waals surface area (Å²) in [5.74, 6) is 0.852. The number of carbonyl (C=O) groups is 1. The van der Waals surface area contributed by atoms with Crippen LogP contribution in [0.3, 0.4) is 0 Å². The van der Waals surface area contributed by atoms with E-state index >= 15 is 0 Å². The largest absolute Gasteiger partial charge is 0.481 e. The third-order valence-electron chi connectivity index (χ3n) is 2.83. The SMILES string of the molecule is C[C@@H](Oc1ccc(Oc2ccc(Cl)nn2)cc1)C(=O)NOCC=C(Cl)Cl. The fraction of sp³-hybridized carbons (Fsp3) is 0.188. The Balaban J connectivity index is 1.83. The van der Waals surface area contributed by atoms with Gasteiger partial charge < -0.3 is 9.47 Å². The second-order valence-electron chi connectivity index (χ2n) is 4.80. The number of carbonyl (C=O) groups excluding carboxylic acids is 1. The first-order valence-electron chi connectivity index (χ1n) is 7.30. The van der Waals surface area contributed by atoms with E-state index in [2.05, 4.69) is 15.7 Å². The molecule has 7 nitrogen and oxygen atoms in total. The quantitative estimate of drug-likeness (QED) is 0.514. The predicted octanol–water partition coefficient (Wildman–Crippen LogP) is 4.06. The molecule has 0 radical (unpaired) electrons. The number of amides is 1. The van der Waals surface area contributed by atoms with Crippen molar-refractivity contribution in [2.75, 3.05) is 6.61 Å². The number of nitrogens with zero attached hydrogens (tertiary/aromatic N) is 2. The Morgan fingerprint density at radius 1 is 1.15 bits per heavy atom. The zero-order chi connectivity index (χ0) is 18.9. The Hall–Kier alpha value is -2.06. The van der Waals surface area contributed by atoms with Gasteiger partial charge in [-0.25, -0.2) is 5.48 Å². The number of aromatic nitrogens is 2. The molecule has 0 saturated carbocycles. The highest BCUT2D eigenvalue weighted by Crippen LogP contribution is 2.23. The minimum absolute atomic E-state index is 0.0421. The van der Waals surface area contributed by atoms with E-state index < -0.39 is 12.0 Å². The van der Waals surface area contributed by atoms with Gasteiger partial charge in [0.25, 0.3) is 5.91 Å². The van der Waals surface area contributed by atoms with Crippen LogP contribution in [0.25, 0.3) is 0 Å². The highest BCUT2D eigenvalue weighted by molar-refractivity contribution is 6.55. The van der Waals surface area contributed by atoms with Crippen molar-refractivity contribution in [3.05, 3.63) is 52.1 Å². The second kappa shape index (κ2) is 10.2. The normalized spacial score (nSPS) is 11.4. The summed E-state index contributed by atoms with van der Waals surface area (Å²) in [7, 11) is 0. The van der Waals surface area contributed by atoms with E-state index in [9.17, 15) is 4.79 Å². The van der Waals surface area contributed by atoms with Crippen LogP contribution < -0.4 is 15.0 Å². The highest BCUT2D eigenvalue weighted by Gasteiger charge is 2.14. The summed E-state index contributed by atoms with van der Waals surface area (Å²) >= 11 is 16.5. The van der Waals surface area contributed by atoms with E-state index in [0.29, 0.717) is 17.4 Å². The fourth-order valence-corrected chi connectivity index (χ4v) is 1.85. The summed E-state index contributed by atoms with van der Waals surface area (Å²) in [6, 6.07) is 9.80. The Morgan fingerprint density at radius 3 is 2.46 bits per heavy atom. The van der Waals surface area contributed by atoms with Crippen molar-refractivity contribution >= 4 is 40.7 Å². The van der Waals surface area contributed by atoms with Crippen molar-refractivity contribution in [2.45, 2.75) is 13.0 Å². The number of benzene rings is 1. The maximum absolute atomic E-state index is 11.8. The maximum Gasteiger partial charge on any atom is 0.284 e. The number of nitrogens with one attached hydrogen (secondary N) is 1. The molecule has 1 amide bonds. The third-order valence-corrected chi connectivity index (χ3v) is 3.34. The number of hydrogen-bond acceptors (Lipinski definition) is 6. The van der Waals surface area contributed by atoms with Crippen LogP contribution in [-0.4, -0.2) is 28.8 Å². The Morgan fingerprint density at radius 2 is 1.85 bits per heavy atom. The molecule has 0 bridgehead atoms. The molecule has 0 saturated heterocycles. The molecule has 1 atom stereocenters. The first kappa shape index (κ1) is 20.3. The van der Waals surface area contributed by atoms with Crippen LogP contribution in [0.15, 0.2) is 47.0 Å².